The third-order valence-electron chi connectivity index (χ3n) is 8.52. The Morgan fingerprint density at radius 2 is 1.23 bits per heavy atom. The van der Waals surface area contributed by atoms with Crippen LogP contribution in [0.2, 0.25) is 0 Å². The number of thioether (sulfide) groups is 2. The number of carboxylic acids is 2. The highest BCUT2D eigenvalue weighted by molar-refractivity contribution is 8.02. The van der Waals surface area contributed by atoms with Crippen molar-refractivity contribution < 1.29 is 43.7 Å². The van der Waals surface area contributed by atoms with Crippen LogP contribution in [-0.4, -0.2) is 107 Å². The Morgan fingerprint density at radius 3 is 1.69 bits per heavy atom. The summed E-state index contributed by atoms with van der Waals surface area (Å²) in [6.07, 6.45) is 0. The second kappa shape index (κ2) is 13.3. The van der Waals surface area contributed by atoms with Crippen molar-refractivity contribution in [3.8, 4) is 5.75 Å². The number of rotatable bonds is 9. The van der Waals surface area contributed by atoms with Gasteiger partial charge in [-0.05, 0) is 45.4 Å². The molecule has 4 fully saturated rings. The van der Waals surface area contributed by atoms with Crippen LogP contribution >= 0.6 is 23.5 Å². The lowest BCUT2D eigenvalue weighted by atomic mass is 9.95. The van der Waals surface area contributed by atoms with E-state index in [0.29, 0.717) is 11.3 Å². The summed E-state index contributed by atoms with van der Waals surface area (Å²) >= 11 is 2.78. The minimum absolute atomic E-state index is 0.197. The number of amides is 4. The fourth-order valence-electron chi connectivity index (χ4n) is 6.23. The zero-order chi connectivity index (χ0) is 35.1. The molecule has 0 radical (unpaired) electrons. The molecule has 2 aromatic rings. The number of ether oxygens (including phenoxy) is 1. The number of nitrogens with two attached hydrogens (primary N) is 1. The number of nitrogens with zero attached hydrogens (tertiary/aromatic N) is 2. The van der Waals surface area contributed by atoms with Crippen molar-refractivity contribution in [3.05, 3.63) is 66.2 Å². The van der Waals surface area contributed by atoms with E-state index in [1.165, 1.54) is 33.3 Å². The number of carboxylic acid groups (broad SMARTS) is 2. The van der Waals surface area contributed by atoms with Gasteiger partial charge >= 0.3 is 11.9 Å². The number of β-lactam (4-membered cyclic amide) rings is 2. The summed E-state index contributed by atoms with van der Waals surface area (Å²) < 4.78 is 4.12. The largest absolute Gasteiger partial charge is 0.484 e. The van der Waals surface area contributed by atoms with Gasteiger partial charge in [0.25, 0.3) is 5.91 Å². The average molecular weight is 700 g/mol. The zero-order valence-electron chi connectivity index (χ0n) is 26.6. The molecule has 0 bridgehead atoms. The highest BCUT2D eigenvalue weighted by Gasteiger charge is 2.65. The fourth-order valence-corrected chi connectivity index (χ4v) is 9.48. The lowest BCUT2D eigenvalue weighted by molar-refractivity contribution is -0.161. The lowest BCUT2D eigenvalue weighted by Crippen LogP contribution is -2.71. The van der Waals surface area contributed by atoms with Crippen LogP contribution in [0.3, 0.4) is 0 Å². The standard InChI is InChI=1S/C16H19N3O4S.C16H18N2O5S/c1-16(2)11(15(22)23)19-13(21)10(14(19)24-16)18-12(20)9(17)8-6-4-3-5-7-8;1-16(2)12(15(21)22)18-13(20)11(14(18)24-16)17-10(19)8-23-9-6-4-3-5-7-9/h3-7,9-11,14H,17H2,1-2H3,(H,18,20)(H,22,23);3-7,11-12,14H,8H2,1-2H3,(H,17,19)(H,21,22)/t9-,10-,11+,14-;11-,12+,14-/m11/s1. The molecule has 48 heavy (non-hydrogen) atoms. The molecular weight excluding hydrogens is 663 g/mol. The number of para-hydroxylation sites is 1. The molecule has 14 nitrogen and oxygen atoms in total. The number of carbonyl (C=O) groups excluding carboxylic acids is 4. The number of fused-ring (bicyclic) bond motifs is 2. The number of hydrogen-bond donors (Lipinski definition) is 5. The molecule has 4 aliphatic rings. The van der Waals surface area contributed by atoms with Gasteiger partial charge in [-0.25, -0.2) is 9.59 Å². The number of hydrogen-bond acceptors (Lipinski definition) is 10. The third kappa shape index (κ3) is 6.56. The molecule has 16 heteroatoms. The van der Waals surface area contributed by atoms with E-state index < -0.39 is 63.5 Å². The second-order valence-electron chi connectivity index (χ2n) is 12.7. The first kappa shape index (κ1) is 35.0. The zero-order valence-corrected chi connectivity index (χ0v) is 28.2. The normalized spacial score (nSPS) is 27.9. The van der Waals surface area contributed by atoms with Crippen molar-refractivity contribution in [3.63, 3.8) is 0 Å². The van der Waals surface area contributed by atoms with E-state index in [0.717, 1.165) is 0 Å². The van der Waals surface area contributed by atoms with Crippen LogP contribution in [0.5, 0.6) is 5.75 Å². The molecule has 0 spiro atoms. The van der Waals surface area contributed by atoms with Crippen molar-refractivity contribution in [2.75, 3.05) is 6.61 Å². The van der Waals surface area contributed by atoms with Crippen LogP contribution in [0.15, 0.2) is 60.7 Å². The first-order valence-corrected chi connectivity index (χ1v) is 16.8. The van der Waals surface area contributed by atoms with Crippen LogP contribution in [0, 0.1) is 0 Å². The van der Waals surface area contributed by atoms with Crippen LogP contribution < -0.4 is 21.1 Å². The van der Waals surface area contributed by atoms with E-state index in [2.05, 4.69) is 10.6 Å². The predicted molar refractivity (Wildman–Crippen MR) is 177 cm³/mol. The molecule has 4 amide bonds. The molecule has 0 unspecified atom stereocenters. The molecule has 4 aliphatic heterocycles. The van der Waals surface area contributed by atoms with E-state index in [1.807, 2.05) is 12.1 Å². The van der Waals surface area contributed by atoms with Crippen molar-refractivity contribution in [2.24, 2.45) is 5.73 Å². The van der Waals surface area contributed by atoms with Gasteiger partial charge in [0.1, 0.15) is 46.7 Å². The third-order valence-corrected chi connectivity index (χ3v) is 11.7. The number of carbonyl (C=O) groups is 6. The molecule has 4 heterocycles. The summed E-state index contributed by atoms with van der Waals surface area (Å²) in [5, 5.41) is 23.3. The van der Waals surface area contributed by atoms with Gasteiger partial charge in [0, 0.05) is 9.49 Å². The molecule has 0 aliphatic carbocycles. The molecule has 256 valence electrons. The van der Waals surface area contributed by atoms with Gasteiger partial charge in [0.2, 0.25) is 17.7 Å². The van der Waals surface area contributed by atoms with Gasteiger partial charge in [0.05, 0.1) is 0 Å². The summed E-state index contributed by atoms with van der Waals surface area (Å²) in [4.78, 5) is 74.5. The molecule has 6 N–H and O–H groups in total. The van der Waals surface area contributed by atoms with Gasteiger partial charge in [-0.15, -0.1) is 23.5 Å². The highest BCUT2D eigenvalue weighted by Crippen LogP contribution is 2.51. The van der Waals surface area contributed by atoms with E-state index >= 15 is 0 Å². The monoisotopic (exact) mass is 699 g/mol. The van der Waals surface area contributed by atoms with E-state index in [4.69, 9.17) is 10.5 Å². The van der Waals surface area contributed by atoms with E-state index in [1.54, 1.807) is 76.2 Å². The first-order valence-electron chi connectivity index (χ1n) is 15.1. The molecular formula is C32H37N5O9S2. The van der Waals surface area contributed by atoms with Crippen molar-refractivity contribution in [1.29, 1.82) is 0 Å². The van der Waals surface area contributed by atoms with Gasteiger partial charge in [-0.2, -0.15) is 0 Å². The van der Waals surface area contributed by atoms with Crippen LogP contribution in [0.4, 0.5) is 0 Å². The minimum Gasteiger partial charge on any atom is -0.484 e. The molecule has 6 rings (SSSR count). The molecule has 2 aromatic carbocycles. The minimum atomic E-state index is -1.03. The SMILES string of the molecule is CC1(C)S[C@@H]2[C@H](NC(=O)COc3ccccc3)C(=O)N2[C@H]1C(=O)O.CC1(C)S[C@@H]2[C@H](NC(=O)[C@H](N)c3ccccc3)C(=O)N2[C@H]1C(=O)O. The Balaban J connectivity index is 0.000000188. The Morgan fingerprint density at radius 1 is 0.792 bits per heavy atom. The number of benzene rings is 2. The quantitative estimate of drug-likeness (QED) is 0.233. The van der Waals surface area contributed by atoms with Gasteiger partial charge in [-0.1, -0.05) is 48.5 Å². The Labute approximate surface area is 285 Å². The van der Waals surface area contributed by atoms with Crippen molar-refractivity contribution in [1.82, 2.24) is 20.4 Å². The van der Waals surface area contributed by atoms with Crippen molar-refractivity contribution in [2.45, 2.75) is 78.1 Å². The predicted octanol–water partition coefficient (Wildman–Crippen LogP) is 1.02. The van der Waals surface area contributed by atoms with Crippen LogP contribution in [0.25, 0.3) is 0 Å². The summed E-state index contributed by atoms with van der Waals surface area (Å²) in [5.74, 6) is -3.09. The van der Waals surface area contributed by atoms with Crippen LogP contribution in [0.1, 0.15) is 39.3 Å². The summed E-state index contributed by atoms with van der Waals surface area (Å²) in [5.41, 5.74) is 6.59. The summed E-state index contributed by atoms with van der Waals surface area (Å²) in [6, 6.07) is 13.7. The first-order chi connectivity index (χ1) is 22.5. The second-order valence-corrected chi connectivity index (χ2v) is 16.3. The van der Waals surface area contributed by atoms with Crippen molar-refractivity contribution >= 4 is 59.1 Å². The Bertz CT molecular complexity index is 1610. The van der Waals surface area contributed by atoms with Gasteiger partial charge < -0.3 is 41.1 Å². The van der Waals surface area contributed by atoms with E-state index in [-0.39, 0.29) is 29.2 Å². The number of nitrogens with one attached hydrogen (secondary N) is 2. The average Bonchev–Trinajstić information content (AvgIpc) is 3.46. The van der Waals surface area contributed by atoms with Gasteiger partial charge in [-0.3, -0.25) is 19.2 Å². The maximum Gasteiger partial charge on any atom is 0.327 e. The maximum atomic E-state index is 12.3. The maximum absolute atomic E-state index is 12.3. The lowest BCUT2D eigenvalue weighted by Gasteiger charge is -2.43. The summed E-state index contributed by atoms with van der Waals surface area (Å²) in [6.45, 7) is 6.96. The molecule has 7 atom stereocenters. The summed E-state index contributed by atoms with van der Waals surface area (Å²) in [7, 11) is 0. The fraction of sp³-hybridized carbons (Fsp3) is 0.438. The topological polar surface area (TPSA) is 209 Å². The van der Waals surface area contributed by atoms with E-state index in [9.17, 15) is 39.0 Å². The van der Waals surface area contributed by atoms with Crippen LogP contribution in [-0.2, 0) is 28.8 Å². The smallest absolute Gasteiger partial charge is 0.327 e. The highest BCUT2D eigenvalue weighted by atomic mass is 32.2. The molecule has 0 saturated carbocycles. The van der Waals surface area contributed by atoms with Gasteiger partial charge in [0.15, 0.2) is 6.61 Å². The number of aliphatic carboxylic acids is 2. The Hall–Kier alpha value is -4.28. The molecule has 0 aromatic heterocycles. The Kier molecular flexibility index (Phi) is 9.72. The molecule has 4 saturated heterocycles.